The number of hydrogen-bond donors (Lipinski definition) is 1. The van der Waals surface area contributed by atoms with Crippen molar-refractivity contribution in [1.82, 2.24) is 14.5 Å². The van der Waals surface area contributed by atoms with Crippen LogP contribution in [0.1, 0.15) is 11.4 Å². The molecule has 0 radical (unpaired) electrons. The van der Waals surface area contributed by atoms with Gasteiger partial charge in [-0.15, -0.1) is 0 Å². The number of nitrogens with zero attached hydrogens (tertiary/aromatic N) is 2. The molecule has 27 heavy (non-hydrogen) atoms. The molecular formula is C23H17N3O. The van der Waals surface area contributed by atoms with E-state index in [1.165, 1.54) is 0 Å². The molecule has 0 saturated heterocycles. The molecular weight excluding hydrogens is 334 g/mol. The van der Waals surface area contributed by atoms with E-state index in [0.717, 1.165) is 33.5 Å². The van der Waals surface area contributed by atoms with Gasteiger partial charge in [0.25, 0.3) is 5.56 Å². The van der Waals surface area contributed by atoms with Gasteiger partial charge in [-0.1, -0.05) is 48.5 Å². The average Bonchev–Trinajstić information content (AvgIpc) is 3.12. The average molecular weight is 351 g/mol. The number of H-pyrrole nitrogens is 1. The normalized spacial score (nSPS) is 11.3. The molecule has 0 aliphatic rings. The maximum Gasteiger partial charge on any atom is 0.280 e. The van der Waals surface area contributed by atoms with Crippen LogP contribution in [0.2, 0.25) is 0 Å². The molecule has 2 heterocycles. The number of aromatic amines is 1. The Morgan fingerprint density at radius 2 is 1.52 bits per heavy atom. The van der Waals surface area contributed by atoms with E-state index in [0.29, 0.717) is 11.8 Å². The third-order valence-electron chi connectivity index (χ3n) is 4.90. The fraction of sp³-hybridized carbons (Fsp3) is 0.0435. The topological polar surface area (TPSA) is 50.7 Å². The van der Waals surface area contributed by atoms with E-state index in [-0.39, 0.29) is 5.56 Å². The van der Waals surface area contributed by atoms with Crippen LogP contribution in [0.3, 0.4) is 0 Å². The van der Waals surface area contributed by atoms with E-state index in [9.17, 15) is 4.79 Å². The summed E-state index contributed by atoms with van der Waals surface area (Å²) in [6.45, 7) is 0. The van der Waals surface area contributed by atoms with Crippen LogP contribution in [0.15, 0.2) is 89.9 Å². The van der Waals surface area contributed by atoms with Crippen molar-refractivity contribution < 1.29 is 0 Å². The highest BCUT2D eigenvalue weighted by atomic mass is 16.1. The Morgan fingerprint density at radius 3 is 2.37 bits per heavy atom. The first kappa shape index (κ1) is 15.6. The van der Waals surface area contributed by atoms with Gasteiger partial charge in [0.1, 0.15) is 5.82 Å². The Kier molecular flexibility index (Phi) is 3.61. The second kappa shape index (κ2) is 6.25. The van der Waals surface area contributed by atoms with Crippen LogP contribution >= 0.6 is 0 Å². The molecule has 1 N–H and O–H groups in total. The SMILES string of the molecule is O=c1nc(Cc2c[nH]c3ccccc23)n(-c2ccccc2)c2ccccc12. The minimum atomic E-state index is -0.187. The summed E-state index contributed by atoms with van der Waals surface area (Å²) in [5.74, 6) is 0.731. The fourth-order valence-corrected chi connectivity index (χ4v) is 3.65. The molecule has 4 nitrogen and oxygen atoms in total. The summed E-state index contributed by atoms with van der Waals surface area (Å²) in [5, 5.41) is 1.78. The number of benzene rings is 3. The molecule has 0 spiro atoms. The predicted molar refractivity (Wildman–Crippen MR) is 108 cm³/mol. The van der Waals surface area contributed by atoms with Gasteiger partial charge in [0, 0.05) is 29.2 Å². The lowest BCUT2D eigenvalue weighted by Gasteiger charge is -2.16. The second-order valence-electron chi connectivity index (χ2n) is 6.56. The highest BCUT2D eigenvalue weighted by molar-refractivity contribution is 5.84. The molecule has 2 aromatic heterocycles. The molecule has 0 bridgehead atoms. The zero-order valence-electron chi connectivity index (χ0n) is 14.6. The van der Waals surface area contributed by atoms with Crippen molar-refractivity contribution in [2.75, 3.05) is 0 Å². The molecule has 0 atom stereocenters. The van der Waals surface area contributed by atoms with E-state index in [1.807, 2.05) is 72.9 Å². The molecule has 130 valence electrons. The Morgan fingerprint density at radius 1 is 0.815 bits per heavy atom. The quantitative estimate of drug-likeness (QED) is 0.522. The van der Waals surface area contributed by atoms with Gasteiger partial charge < -0.3 is 4.98 Å². The highest BCUT2D eigenvalue weighted by Gasteiger charge is 2.14. The first-order chi connectivity index (χ1) is 13.3. The molecule has 5 aromatic rings. The number of rotatable bonds is 3. The Balaban J connectivity index is 1.78. The van der Waals surface area contributed by atoms with E-state index in [1.54, 1.807) is 0 Å². The van der Waals surface area contributed by atoms with Crippen LogP contribution in [0.5, 0.6) is 0 Å². The van der Waals surface area contributed by atoms with Crippen LogP contribution < -0.4 is 5.56 Å². The minimum Gasteiger partial charge on any atom is -0.361 e. The van der Waals surface area contributed by atoms with Gasteiger partial charge in [0.15, 0.2) is 0 Å². The van der Waals surface area contributed by atoms with Crippen LogP contribution in [0, 0.1) is 0 Å². The lowest BCUT2D eigenvalue weighted by Crippen LogP contribution is -2.18. The molecule has 0 saturated carbocycles. The van der Waals surface area contributed by atoms with Gasteiger partial charge in [-0.25, -0.2) is 0 Å². The smallest absolute Gasteiger partial charge is 0.280 e. The Bertz CT molecular complexity index is 1320. The molecule has 0 fully saturated rings. The zero-order valence-corrected chi connectivity index (χ0v) is 14.6. The van der Waals surface area contributed by atoms with Crippen molar-refractivity contribution >= 4 is 21.8 Å². The number of hydrogen-bond acceptors (Lipinski definition) is 2. The van der Waals surface area contributed by atoms with E-state index >= 15 is 0 Å². The van der Waals surface area contributed by atoms with E-state index in [2.05, 4.69) is 26.7 Å². The molecule has 3 aromatic carbocycles. The number of para-hydroxylation sites is 3. The van der Waals surface area contributed by atoms with Crippen LogP contribution in [-0.4, -0.2) is 14.5 Å². The van der Waals surface area contributed by atoms with Crippen molar-refractivity contribution in [3.05, 3.63) is 107 Å². The maximum absolute atomic E-state index is 12.6. The minimum absolute atomic E-state index is 0.187. The number of nitrogens with one attached hydrogen (secondary N) is 1. The highest BCUT2D eigenvalue weighted by Crippen LogP contribution is 2.23. The Hall–Kier alpha value is -3.66. The largest absolute Gasteiger partial charge is 0.361 e. The van der Waals surface area contributed by atoms with E-state index in [4.69, 9.17) is 0 Å². The number of aromatic nitrogens is 3. The molecule has 0 amide bonds. The van der Waals surface area contributed by atoms with Crippen molar-refractivity contribution in [2.24, 2.45) is 0 Å². The first-order valence-corrected chi connectivity index (χ1v) is 8.92. The van der Waals surface area contributed by atoms with Crippen LogP contribution in [-0.2, 0) is 6.42 Å². The number of fused-ring (bicyclic) bond motifs is 2. The summed E-state index contributed by atoms with van der Waals surface area (Å²) in [5.41, 5.74) is 3.89. The van der Waals surface area contributed by atoms with Gasteiger partial charge in [-0.2, -0.15) is 4.98 Å². The summed E-state index contributed by atoms with van der Waals surface area (Å²) in [6, 6.07) is 25.9. The molecule has 0 aliphatic heterocycles. The lowest BCUT2D eigenvalue weighted by molar-refractivity contribution is 0.881. The molecule has 5 rings (SSSR count). The lowest BCUT2D eigenvalue weighted by atomic mass is 10.1. The van der Waals surface area contributed by atoms with Gasteiger partial charge in [-0.3, -0.25) is 9.36 Å². The van der Waals surface area contributed by atoms with Gasteiger partial charge in [-0.05, 0) is 35.9 Å². The first-order valence-electron chi connectivity index (χ1n) is 8.92. The monoisotopic (exact) mass is 351 g/mol. The van der Waals surface area contributed by atoms with Gasteiger partial charge in [0.2, 0.25) is 0 Å². The molecule has 0 aliphatic carbocycles. The van der Waals surface area contributed by atoms with Crippen molar-refractivity contribution in [2.45, 2.75) is 6.42 Å². The Labute approximate surface area is 155 Å². The third kappa shape index (κ3) is 2.62. The van der Waals surface area contributed by atoms with Crippen molar-refractivity contribution in [3.63, 3.8) is 0 Å². The summed E-state index contributed by atoms with van der Waals surface area (Å²) < 4.78 is 2.08. The van der Waals surface area contributed by atoms with E-state index < -0.39 is 0 Å². The summed E-state index contributed by atoms with van der Waals surface area (Å²) in [7, 11) is 0. The standard InChI is InChI=1S/C23H17N3O/c27-23-19-11-5-7-13-21(19)26(17-8-2-1-3-9-17)22(25-23)14-16-15-24-20-12-6-4-10-18(16)20/h1-13,15,24H,14H2. The van der Waals surface area contributed by atoms with Crippen molar-refractivity contribution in [3.8, 4) is 5.69 Å². The second-order valence-corrected chi connectivity index (χ2v) is 6.56. The summed E-state index contributed by atoms with van der Waals surface area (Å²) in [4.78, 5) is 20.4. The predicted octanol–water partition coefficient (Wildman–Crippen LogP) is 4.46. The van der Waals surface area contributed by atoms with Gasteiger partial charge in [0.05, 0.1) is 10.9 Å². The van der Waals surface area contributed by atoms with Crippen molar-refractivity contribution in [1.29, 1.82) is 0 Å². The summed E-state index contributed by atoms with van der Waals surface area (Å²) in [6.07, 6.45) is 2.57. The van der Waals surface area contributed by atoms with Gasteiger partial charge >= 0.3 is 0 Å². The fourth-order valence-electron chi connectivity index (χ4n) is 3.65. The molecule has 0 unspecified atom stereocenters. The zero-order chi connectivity index (χ0) is 18.2. The van der Waals surface area contributed by atoms with Crippen LogP contribution in [0.4, 0.5) is 0 Å². The third-order valence-corrected chi connectivity index (χ3v) is 4.90. The summed E-state index contributed by atoms with van der Waals surface area (Å²) >= 11 is 0. The maximum atomic E-state index is 12.6. The van der Waals surface area contributed by atoms with Crippen LogP contribution in [0.25, 0.3) is 27.5 Å². The molecule has 4 heteroatoms.